The van der Waals surface area contributed by atoms with Gasteiger partial charge in [-0.15, -0.1) is 11.3 Å². The number of methoxy groups -OCH3 is 1. The minimum atomic E-state index is -1.09. The third-order valence-electron chi connectivity index (χ3n) is 4.46. The van der Waals surface area contributed by atoms with E-state index in [4.69, 9.17) is 14.7 Å². The number of ether oxygens (including phenoxy) is 1. The molecular formula is C19H17N2O3S2-. The molecule has 0 radical (unpaired) electrons. The van der Waals surface area contributed by atoms with Gasteiger partial charge in [-0.25, -0.2) is 9.97 Å². The molecule has 1 aliphatic rings. The van der Waals surface area contributed by atoms with E-state index in [1.165, 1.54) is 28.6 Å². The minimum Gasteiger partial charge on any atom is -0.549 e. The Kier molecular flexibility index (Phi) is 4.82. The van der Waals surface area contributed by atoms with Crippen molar-refractivity contribution in [1.82, 2.24) is 9.97 Å². The predicted molar refractivity (Wildman–Crippen MR) is 102 cm³/mol. The predicted octanol–water partition coefficient (Wildman–Crippen LogP) is 3.09. The number of thioether (sulfide) groups is 1. The van der Waals surface area contributed by atoms with E-state index in [1.54, 1.807) is 18.4 Å². The number of aromatic nitrogens is 2. The molecule has 26 heavy (non-hydrogen) atoms. The summed E-state index contributed by atoms with van der Waals surface area (Å²) in [5.41, 5.74) is 2.19. The van der Waals surface area contributed by atoms with Crippen LogP contribution >= 0.6 is 23.1 Å². The number of nitrogens with zero attached hydrogens (tertiary/aromatic N) is 2. The smallest absolute Gasteiger partial charge is 0.162 e. The lowest BCUT2D eigenvalue weighted by Crippen LogP contribution is -2.24. The molecular weight excluding hydrogens is 368 g/mol. The molecule has 5 nitrogen and oxygen atoms in total. The molecule has 2 aromatic heterocycles. The quantitative estimate of drug-likeness (QED) is 0.496. The van der Waals surface area contributed by atoms with E-state index in [-0.39, 0.29) is 5.75 Å². The number of carbonyl (C=O) groups is 1. The van der Waals surface area contributed by atoms with Crippen molar-refractivity contribution in [1.29, 1.82) is 0 Å². The van der Waals surface area contributed by atoms with Gasteiger partial charge in [-0.2, -0.15) is 0 Å². The maximum absolute atomic E-state index is 11.0. The molecule has 134 valence electrons. The average Bonchev–Trinajstić information content (AvgIpc) is 3.04. The number of carboxylic acids is 1. The zero-order valence-corrected chi connectivity index (χ0v) is 15.9. The van der Waals surface area contributed by atoms with E-state index in [9.17, 15) is 9.90 Å². The number of aryl methyl sites for hydroxylation is 2. The fourth-order valence-electron chi connectivity index (χ4n) is 3.22. The van der Waals surface area contributed by atoms with Crippen LogP contribution in [-0.4, -0.2) is 28.8 Å². The Morgan fingerprint density at radius 3 is 2.73 bits per heavy atom. The molecule has 0 spiro atoms. The molecule has 3 aromatic rings. The first kappa shape index (κ1) is 17.3. The first-order valence-electron chi connectivity index (χ1n) is 8.45. The molecule has 0 aliphatic heterocycles. The van der Waals surface area contributed by atoms with Gasteiger partial charge in [0.05, 0.1) is 13.1 Å². The van der Waals surface area contributed by atoms with Crippen molar-refractivity contribution in [3.05, 3.63) is 34.7 Å². The largest absolute Gasteiger partial charge is 0.549 e. The number of fused-ring (bicyclic) bond motifs is 3. The Morgan fingerprint density at radius 1 is 1.23 bits per heavy atom. The lowest BCUT2D eigenvalue weighted by molar-refractivity contribution is -0.301. The Morgan fingerprint density at radius 2 is 2.00 bits per heavy atom. The van der Waals surface area contributed by atoms with E-state index in [0.29, 0.717) is 5.82 Å². The maximum atomic E-state index is 11.0. The fourth-order valence-corrected chi connectivity index (χ4v) is 5.32. The SMILES string of the molecule is COc1ccc(-c2nc(SCC(=O)[O-])c3c4c(sc3n2)CCCC4)cc1. The lowest BCUT2D eigenvalue weighted by Gasteiger charge is -2.12. The van der Waals surface area contributed by atoms with Crippen molar-refractivity contribution in [2.75, 3.05) is 12.9 Å². The number of aliphatic carboxylic acids is 1. The summed E-state index contributed by atoms with van der Waals surface area (Å²) in [4.78, 5) is 22.8. The van der Waals surface area contributed by atoms with Crippen molar-refractivity contribution in [3.8, 4) is 17.1 Å². The van der Waals surface area contributed by atoms with Gasteiger partial charge in [0.25, 0.3) is 0 Å². The molecule has 0 saturated heterocycles. The van der Waals surface area contributed by atoms with Gasteiger partial charge in [0.15, 0.2) is 5.82 Å². The summed E-state index contributed by atoms with van der Waals surface area (Å²) in [6.45, 7) is 0. The van der Waals surface area contributed by atoms with Crippen LogP contribution in [0.25, 0.3) is 21.6 Å². The number of thiophene rings is 1. The number of hydrogen-bond acceptors (Lipinski definition) is 7. The first-order chi connectivity index (χ1) is 12.7. The van der Waals surface area contributed by atoms with Crippen molar-refractivity contribution in [2.45, 2.75) is 30.7 Å². The summed E-state index contributed by atoms with van der Waals surface area (Å²) in [5.74, 6) is 0.183. The van der Waals surface area contributed by atoms with Gasteiger partial charge in [-0.3, -0.25) is 0 Å². The Balaban J connectivity index is 1.84. The fraction of sp³-hybridized carbons (Fsp3) is 0.316. The molecule has 7 heteroatoms. The van der Waals surface area contributed by atoms with Crippen LogP contribution in [0.4, 0.5) is 0 Å². The second-order valence-electron chi connectivity index (χ2n) is 6.13. The summed E-state index contributed by atoms with van der Waals surface area (Å²) in [7, 11) is 1.63. The Bertz CT molecular complexity index is 967. The third kappa shape index (κ3) is 3.29. The zero-order chi connectivity index (χ0) is 18.1. The van der Waals surface area contributed by atoms with Crippen LogP contribution in [-0.2, 0) is 17.6 Å². The van der Waals surface area contributed by atoms with Crippen molar-refractivity contribution < 1.29 is 14.6 Å². The monoisotopic (exact) mass is 385 g/mol. The molecule has 0 fully saturated rings. The molecule has 1 aliphatic carbocycles. The third-order valence-corrected chi connectivity index (χ3v) is 6.59. The first-order valence-corrected chi connectivity index (χ1v) is 10.3. The standard InChI is InChI=1S/C19H18N2O3S2/c1-24-12-8-6-11(7-9-12)17-20-18(25-10-15(22)23)16-13-4-2-3-5-14(13)26-19(16)21-17/h6-9H,2-5,10H2,1H3,(H,22,23)/p-1. The van der Waals surface area contributed by atoms with E-state index in [0.717, 1.165) is 45.8 Å². The van der Waals surface area contributed by atoms with E-state index >= 15 is 0 Å². The van der Waals surface area contributed by atoms with Crippen LogP contribution in [0.2, 0.25) is 0 Å². The van der Waals surface area contributed by atoms with Crippen LogP contribution in [0.5, 0.6) is 5.75 Å². The summed E-state index contributed by atoms with van der Waals surface area (Å²) in [6, 6.07) is 7.58. The molecule has 0 unspecified atom stereocenters. The summed E-state index contributed by atoms with van der Waals surface area (Å²) in [6.07, 6.45) is 4.43. The van der Waals surface area contributed by atoms with Gasteiger partial charge >= 0.3 is 0 Å². The lowest BCUT2D eigenvalue weighted by atomic mass is 9.97. The van der Waals surface area contributed by atoms with Crippen LogP contribution in [0.3, 0.4) is 0 Å². The van der Waals surface area contributed by atoms with Crippen LogP contribution in [0.1, 0.15) is 23.3 Å². The zero-order valence-electron chi connectivity index (χ0n) is 14.3. The Labute approximate surface area is 159 Å². The van der Waals surface area contributed by atoms with Gasteiger partial charge in [-0.05, 0) is 55.5 Å². The second kappa shape index (κ2) is 7.25. The molecule has 0 atom stereocenters. The van der Waals surface area contributed by atoms with Crippen LogP contribution in [0.15, 0.2) is 29.3 Å². The highest BCUT2D eigenvalue weighted by atomic mass is 32.2. The molecule has 2 heterocycles. The highest BCUT2D eigenvalue weighted by molar-refractivity contribution is 8.00. The summed E-state index contributed by atoms with van der Waals surface area (Å²) >= 11 is 2.93. The summed E-state index contributed by atoms with van der Waals surface area (Å²) < 4.78 is 5.20. The highest BCUT2D eigenvalue weighted by Gasteiger charge is 2.21. The molecule has 0 amide bonds. The van der Waals surface area contributed by atoms with Gasteiger partial charge in [0.1, 0.15) is 15.6 Å². The van der Waals surface area contributed by atoms with Gasteiger partial charge in [-0.1, -0.05) is 11.8 Å². The number of carbonyl (C=O) groups excluding carboxylic acids is 1. The second-order valence-corrected chi connectivity index (χ2v) is 8.18. The van der Waals surface area contributed by atoms with E-state index < -0.39 is 5.97 Å². The van der Waals surface area contributed by atoms with Crippen molar-refractivity contribution in [3.63, 3.8) is 0 Å². The Hall–Kier alpha value is -2.12. The molecule has 4 rings (SSSR count). The topological polar surface area (TPSA) is 75.1 Å². The van der Waals surface area contributed by atoms with Crippen molar-refractivity contribution in [2.24, 2.45) is 0 Å². The molecule has 0 bridgehead atoms. The van der Waals surface area contributed by atoms with Gasteiger partial charge in [0, 0.05) is 21.6 Å². The maximum Gasteiger partial charge on any atom is 0.162 e. The van der Waals surface area contributed by atoms with Crippen LogP contribution < -0.4 is 9.84 Å². The number of rotatable bonds is 5. The van der Waals surface area contributed by atoms with Gasteiger partial charge < -0.3 is 14.6 Å². The molecule has 1 aromatic carbocycles. The summed E-state index contributed by atoms with van der Waals surface area (Å²) in [5, 5.41) is 12.8. The number of benzene rings is 1. The molecule has 0 saturated carbocycles. The van der Waals surface area contributed by atoms with Gasteiger partial charge in [0.2, 0.25) is 0 Å². The van der Waals surface area contributed by atoms with E-state index in [1.807, 2.05) is 24.3 Å². The highest BCUT2D eigenvalue weighted by Crippen LogP contribution is 2.40. The van der Waals surface area contributed by atoms with Crippen LogP contribution in [0, 0.1) is 0 Å². The average molecular weight is 385 g/mol. The normalized spacial score (nSPS) is 13.6. The minimum absolute atomic E-state index is 0.112. The van der Waals surface area contributed by atoms with E-state index in [2.05, 4.69) is 0 Å². The molecule has 0 N–H and O–H groups in total. The number of hydrogen-bond donors (Lipinski definition) is 0. The number of carboxylic acid groups (broad SMARTS) is 1. The van der Waals surface area contributed by atoms with Crippen molar-refractivity contribution >= 4 is 39.3 Å².